The SMILES string of the molecule is C[C@@H]1[C@@H](N)CCCN1C(=O)OCc1ccccc1.Cl. The second-order valence-electron chi connectivity index (χ2n) is 4.78. The molecule has 4 nitrogen and oxygen atoms in total. The molecule has 19 heavy (non-hydrogen) atoms. The number of hydrogen-bond acceptors (Lipinski definition) is 3. The summed E-state index contributed by atoms with van der Waals surface area (Å²) in [6, 6.07) is 9.81. The molecule has 1 aromatic rings. The fourth-order valence-corrected chi connectivity index (χ4v) is 2.23. The van der Waals surface area contributed by atoms with Gasteiger partial charge in [0.2, 0.25) is 0 Å². The van der Waals surface area contributed by atoms with Gasteiger partial charge >= 0.3 is 6.09 Å². The summed E-state index contributed by atoms with van der Waals surface area (Å²) in [6.45, 7) is 3.04. The molecule has 2 rings (SSSR count). The van der Waals surface area contributed by atoms with Gasteiger partial charge in [-0.2, -0.15) is 0 Å². The first-order valence-electron chi connectivity index (χ1n) is 6.41. The van der Waals surface area contributed by atoms with Crippen molar-refractivity contribution < 1.29 is 9.53 Å². The third-order valence-corrected chi connectivity index (χ3v) is 3.49. The molecule has 106 valence electrons. The topological polar surface area (TPSA) is 55.6 Å². The number of amides is 1. The van der Waals surface area contributed by atoms with Crippen LogP contribution < -0.4 is 5.73 Å². The highest BCUT2D eigenvalue weighted by atomic mass is 35.5. The summed E-state index contributed by atoms with van der Waals surface area (Å²) in [5, 5.41) is 0. The zero-order valence-corrected chi connectivity index (χ0v) is 11.9. The van der Waals surface area contributed by atoms with Crippen molar-refractivity contribution in [2.75, 3.05) is 6.54 Å². The smallest absolute Gasteiger partial charge is 0.410 e. The first-order valence-corrected chi connectivity index (χ1v) is 6.41. The van der Waals surface area contributed by atoms with Gasteiger partial charge in [-0.05, 0) is 25.3 Å². The van der Waals surface area contributed by atoms with Gasteiger partial charge in [-0.25, -0.2) is 4.79 Å². The number of piperidine rings is 1. The number of halogens is 1. The Kier molecular flexibility index (Phi) is 6.12. The van der Waals surface area contributed by atoms with Gasteiger partial charge < -0.3 is 15.4 Å². The first kappa shape index (κ1) is 15.8. The third kappa shape index (κ3) is 4.11. The van der Waals surface area contributed by atoms with Crippen molar-refractivity contribution in [1.29, 1.82) is 0 Å². The molecule has 0 aliphatic carbocycles. The van der Waals surface area contributed by atoms with Crippen molar-refractivity contribution >= 4 is 18.5 Å². The van der Waals surface area contributed by atoms with Gasteiger partial charge in [0.25, 0.3) is 0 Å². The lowest BCUT2D eigenvalue weighted by molar-refractivity contribution is 0.0666. The van der Waals surface area contributed by atoms with Crippen LogP contribution in [0.5, 0.6) is 0 Å². The van der Waals surface area contributed by atoms with Crippen LogP contribution in [-0.4, -0.2) is 29.6 Å². The summed E-state index contributed by atoms with van der Waals surface area (Å²) in [5.41, 5.74) is 6.96. The summed E-state index contributed by atoms with van der Waals surface area (Å²) in [6.07, 6.45) is 1.66. The molecule has 1 aliphatic heterocycles. The van der Waals surface area contributed by atoms with Crippen molar-refractivity contribution in [2.24, 2.45) is 5.73 Å². The van der Waals surface area contributed by atoms with Gasteiger partial charge in [0, 0.05) is 18.6 Å². The molecule has 0 unspecified atom stereocenters. The summed E-state index contributed by atoms with van der Waals surface area (Å²) in [4.78, 5) is 13.7. The van der Waals surface area contributed by atoms with E-state index < -0.39 is 0 Å². The van der Waals surface area contributed by atoms with Crippen LogP contribution in [0.25, 0.3) is 0 Å². The van der Waals surface area contributed by atoms with E-state index in [-0.39, 0.29) is 30.6 Å². The molecule has 0 radical (unpaired) electrons. The van der Waals surface area contributed by atoms with Crippen molar-refractivity contribution in [3.8, 4) is 0 Å². The number of carbonyl (C=O) groups is 1. The molecule has 0 bridgehead atoms. The standard InChI is InChI=1S/C14H20N2O2.ClH/c1-11-13(15)8-5-9-16(11)14(17)18-10-12-6-3-2-4-7-12;/h2-4,6-7,11,13H,5,8-10,15H2,1H3;1H/t11-,13+;/m1./s1. The quantitative estimate of drug-likeness (QED) is 0.908. The molecule has 1 aliphatic rings. The number of hydrogen-bond donors (Lipinski definition) is 1. The molecule has 0 saturated carbocycles. The number of rotatable bonds is 2. The zero-order chi connectivity index (χ0) is 13.0. The van der Waals surface area contributed by atoms with Crippen LogP contribution in [0.3, 0.4) is 0 Å². The van der Waals surface area contributed by atoms with E-state index in [4.69, 9.17) is 10.5 Å². The van der Waals surface area contributed by atoms with Crippen LogP contribution in [0.15, 0.2) is 30.3 Å². The van der Waals surface area contributed by atoms with E-state index in [9.17, 15) is 4.79 Å². The van der Waals surface area contributed by atoms with Crippen LogP contribution in [0, 0.1) is 0 Å². The molecule has 0 aromatic heterocycles. The maximum Gasteiger partial charge on any atom is 0.410 e. The Morgan fingerprint density at radius 3 is 2.79 bits per heavy atom. The van der Waals surface area contributed by atoms with Crippen molar-refractivity contribution in [2.45, 2.75) is 38.5 Å². The van der Waals surface area contributed by atoms with Crippen molar-refractivity contribution in [1.82, 2.24) is 4.90 Å². The molecule has 5 heteroatoms. The minimum absolute atomic E-state index is 0. The van der Waals surface area contributed by atoms with E-state index in [2.05, 4.69) is 0 Å². The minimum atomic E-state index is -0.262. The predicted octanol–water partition coefficient (Wildman–Crippen LogP) is 2.56. The fourth-order valence-electron chi connectivity index (χ4n) is 2.23. The summed E-state index contributed by atoms with van der Waals surface area (Å²) < 4.78 is 5.32. The highest BCUT2D eigenvalue weighted by molar-refractivity contribution is 5.85. The van der Waals surface area contributed by atoms with Gasteiger partial charge in [0.15, 0.2) is 0 Å². The number of carbonyl (C=O) groups excluding carboxylic acids is 1. The summed E-state index contributed by atoms with van der Waals surface area (Å²) in [5.74, 6) is 0. The number of nitrogens with zero attached hydrogens (tertiary/aromatic N) is 1. The summed E-state index contributed by atoms with van der Waals surface area (Å²) >= 11 is 0. The Hall–Kier alpha value is -1.26. The van der Waals surface area contributed by atoms with Crippen molar-refractivity contribution in [3.05, 3.63) is 35.9 Å². The maximum atomic E-state index is 12.0. The molecule has 1 aromatic carbocycles. The van der Waals surface area contributed by atoms with E-state index in [1.807, 2.05) is 37.3 Å². The lowest BCUT2D eigenvalue weighted by Gasteiger charge is -2.36. The Morgan fingerprint density at radius 2 is 2.11 bits per heavy atom. The van der Waals surface area contributed by atoms with Gasteiger partial charge in [0.05, 0.1) is 0 Å². The fraction of sp³-hybridized carbons (Fsp3) is 0.500. The van der Waals surface area contributed by atoms with E-state index in [1.54, 1.807) is 4.90 Å². The van der Waals surface area contributed by atoms with Crippen LogP contribution in [0.1, 0.15) is 25.3 Å². The van der Waals surface area contributed by atoms with E-state index in [0.717, 1.165) is 24.9 Å². The van der Waals surface area contributed by atoms with Gasteiger partial charge in [-0.15, -0.1) is 12.4 Å². The van der Waals surface area contributed by atoms with Gasteiger partial charge in [-0.3, -0.25) is 0 Å². The molecular formula is C14H21ClN2O2. The highest BCUT2D eigenvalue weighted by Gasteiger charge is 2.29. The minimum Gasteiger partial charge on any atom is -0.445 e. The number of likely N-dealkylation sites (tertiary alicyclic amines) is 1. The monoisotopic (exact) mass is 284 g/mol. The molecular weight excluding hydrogens is 264 g/mol. The highest BCUT2D eigenvalue weighted by Crippen LogP contribution is 2.17. The van der Waals surface area contributed by atoms with Crippen molar-refractivity contribution in [3.63, 3.8) is 0 Å². The lowest BCUT2D eigenvalue weighted by atomic mass is 9.99. The summed E-state index contributed by atoms with van der Waals surface area (Å²) in [7, 11) is 0. The molecule has 2 N–H and O–H groups in total. The number of benzene rings is 1. The Morgan fingerprint density at radius 1 is 1.42 bits per heavy atom. The van der Waals surface area contributed by atoms with Crippen LogP contribution >= 0.6 is 12.4 Å². The third-order valence-electron chi connectivity index (χ3n) is 3.49. The zero-order valence-electron chi connectivity index (χ0n) is 11.1. The molecule has 1 heterocycles. The molecule has 2 atom stereocenters. The van der Waals surface area contributed by atoms with Gasteiger partial charge in [0.1, 0.15) is 6.61 Å². The van der Waals surface area contributed by atoms with Crippen LogP contribution in [0.4, 0.5) is 4.79 Å². The predicted molar refractivity (Wildman–Crippen MR) is 77.3 cm³/mol. The largest absolute Gasteiger partial charge is 0.445 e. The first-order chi connectivity index (χ1) is 8.68. The number of nitrogens with two attached hydrogens (primary N) is 1. The molecule has 0 spiro atoms. The molecule has 1 saturated heterocycles. The van der Waals surface area contributed by atoms with Gasteiger partial charge in [-0.1, -0.05) is 30.3 Å². The second-order valence-corrected chi connectivity index (χ2v) is 4.78. The van der Waals surface area contributed by atoms with E-state index in [0.29, 0.717) is 6.61 Å². The molecule has 1 amide bonds. The maximum absolute atomic E-state index is 12.0. The Labute approximate surface area is 120 Å². The normalized spacial score (nSPS) is 22.5. The Balaban J connectivity index is 0.00000180. The number of ether oxygens (including phenoxy) is 1. The lowest BCUT2D eigenvalue weighted by Crippen LogP contribution is -2.52. The van der Waals surface area contributed by atoms with Crippen LogP contribution in [0.2, 0.25) is 0 Å². The molecule has 1 fully saturated rings. The average molecular weight is 285 g/mol. The van der Waals surface area contributed by atoms with E-state index >= 15 is 0 Å². The average Bonchev–Trinajstić information content (AvgIpc) is 2.40. The van der Waals surface area contributed by atoms with Crippen LogP contribution in [-0.2, 0) is 11.3 Å². The van der Waals surface area contributed by atoms with E-state index in [1.165, 1.54) is 0 Å². The Bertz CT molecular complexity index is 400. The second kappa shape index (κ2) is 7.36.